The average molecular weight is 220 g/mol. The summed E-state index contributed by atoms with van der Waals surface area (Å²) >= 11 is 0. The van der Waals surface area contributed by atoms with Gasteiger partial charge in [-0.15, -0.1) is 0 Å². The van der Waals surface area contributed by atoms with Crippen molar-refractivity contribution in [3.63, 3.8) is 0 Å². The third-order valence-electron chi connectivity index (χ3n) is 2.33. The van der Waals surface area contributed by atoms with Crippen LogP contribution in [0.15, 0.2) is 0 Å². The Morgan fingerprint density at radius 3 is 2.53 bits per heavy atom. The van der Waals surface area contributed by atoms with Gasteiger partial charge in [-0.25, -0.2) is 0 Å². The molecule has 0 spiro atoms. The highest BCUT2D eigenvalue weighted by molar-refractivity contribution is 5.73. The largest absolute Gasteiger partial charge is 0.394 e. The topological polar surface area (TPSA) is 125 Å². The van der Waals surface area contributed by atoms with E-state index in [1.165, 1.54) is 6.92 Å². The third kappa shape index (κ3) is 2.64. The van der Waals surface area contributed by atoms with Crippen LogP contribution < -0.4 is 11.1 Å². The molecular formula is C8H16N2O5. The molecule has 5 atom stereocenters. The minimum atomic E-state index is -1.27. The molecule has 1 aliphatic rings. The summed E-state index contributed by atoms with van der Waals surface area (Å²) in [5.74, 6) is -0.382. The van der Waals surface area contributed by atoms with Gasteiger partial charge in [0.25, 0.3) is 0 Å². The lowest BCUT2D eigenvalue weighted by molar-refractivity contribution is -0.193. The second-order valence-corrected chi connectivity index (χ2v) is 3.53. The number of rotatable bonds is 2. The lowest BCUT2D eigenvalue weighted by Crippen LogP contribution is -2.66. The average Bonchev–Trinajstić information content (AvgIpc) is 2.18. The van der Waals surface area contributed by atoms with Crippen molar-refractivity contribution in [3.8, 4) is 0 Å². The Morgan fingerprint density at radius 1 is 1.47 bits per heavy atom. The molecular weight excluding hydrogens is 204 g/mol. The van der Waals surface area contributed by atoms with Crippen molar-refractivity contribution in [1.82, 2.24) is 5.32 Å². The van der Waals surface area contributed by atoms with E-state index in [0.29, 0.717) is 0 Å². The first kappa shape index (κ1) is 12.3. The highest BCUT2D eigenvalue weighted by Crippen LogP contribution is 2.18. The standard InChI is InChI=1S/C8H16N2O5/c1-3(12)10-5-7(14)6(13)4(2-11)15-8(5)9/h4-8,11,13-14H,2,9H2,1H3,(H,10,12)/t4?,5-,6+,7+,8+/m0/s1. The Hall–Kier alpha value is -0.730. The molecule has 0 aromatic carbocycles. The van der Waals surface area contributed by atoms with Crippen molar-refractivity contribution < 1.29 is 24.9 Å². The zero-order chi connectivity index (χ0) is 11.6. The van der Waals surface area contributed by atoms with Gasteiger partial charge in [0.05, 0.1) is 12.6 Å². The van der Waals surface area contributed by atoms with Crippen molar-refractivity contribution in [2.45, 2.75) is 37.5 Å². The number of amides is 1. The number of nitrogens with one attached hydrogen (secondary N) is 1. The molecule has 0 bridgehead atoms. The predicted octanol–water partition coefficient (Wildman–Crippen LogP) is -3.11. The smallest absolute Gasteiger partial charge is 0.217 e. The van der Waals surface area contributed by atoms with Crippen LogP contribution in [0.4, 0.5) is 0 Å². The van der Waals surface area contributed by atoms with Crippen molar-refractivity contribution in [2.24, 2.45) is 5.73 Å². The Morgan fingerprint density at radius 2 is 2.07 bits per heavy atom. The van der Waals surface area contributed by atoms with E-state index in [9.17, 15) is 15.0 Å². The van der Waals surface area contributed by atoms with Crippen LogP contribution in [0.1, 0.15) is 6.92 Å². The molecule has 1 unspecified atom stereocenters. The van der Waals surface area contributed by atoms with Crippen molar-refractivity contribution in [1.29, 1.82) is 0 Å². The summed E-state index contributed by atoms with van der Waals surface area (Å²) in [4.78, 5) is 10.8. The highest BCUT2D eigenvalue weighted by Gasteiger charge is 2.42. The summed E-state index contributed by atoms with van der Waals surface area (Å²) in [6.07, 6.45) is -4.41. The fourth-order valence-corrected chi connectivity index (χ4v) is 1.55. The van der Waals surface area contributed by atoms with E-state index in [1.54, 1.807) is 0 Å². The summed E-state index contributed by atoms with van der Waals surface area (Å²) in [5.41, 5.74) is 5.53. The van der Waals surface area contributed by atoms with Gasteiger partial charge in [-0.2, -0.15) is 0 Å². The van der Waals surface area contributed by atoms with Crippen molar-refractivity contribution in [2.75, 3.05) is 6.61 Å². The molecule has 1 fully saturated rings. The summed E-state index contributed by atoms with van der Waals surface area (Å²) < 4.78 is 5.03. The number of hydrogen-bond donors (Lipinski definition) is 5. The van der Waals surface area contributed by atoms with E-state index in [4.69, 9.17) is 15.6 Å². The van der Waals surface area contributed by atoms with Gasteiger partial charge in [-0.3, -0.25) is 4.79 Å². The minimum Gasteiger partial charge on any atom is -0.394 e. The van der Waals surface area contributed by atoms with Gasteiger partial charge < -0.3 is 31.1 Å². The molecule has 0 radical (unpaired) electrons. The Kier molecular flexibility index (Phi) is 4.00. The lowest BCUT2D eigenvalue weighted by atomic mass is 9.96. The fraction of sp³-hybridized carbons (Fsp3) is 0.875. The number of carbonyl (C=O) groups is 1. The maximum Gasteiger partial charge on any atom is 0.217 e. The van der Waals surface area contributed by atoms with Crippen LogP contribution in [0.5, 0.6) is 0 Å². The van der Waals surface area contributed by atoms with E-state index in [-0.39, 0.29) is 5.91 Å². The van der Waals surface area contributed by atoms with Gasteiger partial charge in [0, 0.05) is 6.92 Å². The highest BCUT2D eigenvalue weighted by atomic mass is 16.5. The number of nitrogens with two attached hydrogens (primary N) is 1. The van der Waals surface area contributed by atoms with Crippen LogP contribution in [-0.2, 0) is 9.53 Å². The molecule has 0 aromatic rings. The normalized spacial score (nSPS) is 41.3. The van der Waals surface area contributed by atoms with Crippen LogP contribution in [0.3, 0.4) is 0 Å². The second kappa shape index (κ2) is 4.86. The molecule has 6 N–H and O–H groups in total. The van der Waals surface area contributed by atoms with Gasteiger partial charge in [-0.1, -0.05) is 0 Å². The molecule has 15 heavy (non-hydrogen) atoms. The molecule has 0 aliphatic carbocycles. The third-order valence-corrected chi connectivity index (χ3v) is 2.33. The van der Waals surface area contributed by atoms with Gasteiger partial charge in [0.2, 0.25) is 5.91 Å². The first-order valence-corrected chi connectivity index (χ1v) is 4.62. The minimum absolute atomic E-state index is 0.382. The lowest BCUT2D eigenvalue weighted by Gasteiger charge is -2.40. The van der Waals surface area contributed by atoms with E-state index < -0.39 is 37.2 Å². The molecule has 1 saturated heterocycles. The van der Waals surface area contributed by atoms with E-state index in [0.717, 1.165) is 0 Å². The Bertz CT molecular complexity index is 237. The summed E-state index contributed by atoms with van der Waals surface area (Å²) in [5, 5.41) is 30.3. The fourth-order valence-electron chi connectivity index (χ4n) is 1.55. The number of hydrogen-bond acceptors (Lipinski definition) is 6. The SMILES string of the molecule is CC(=O)N[C@H]1[C@@H](O)[C@H](O)C(CO)O[C@H]1N. The van der Waals surface area contributed by atoms with E-state index >= 15 is 0 Å². The molecule has 7 nitrogen and oxygen atoms in total. The summed E-state index contributed by atoms with van der Waals surface area (Å²) in [7, 11) is 0. The zero-order valence-corrected chi connectivity index (χ0v) is 8.33. The van der Waals surface area contributed by atoms with Gasteiger partial charge in [0.15, 0.2) is 0 Å². The molecule has 1 heterocycles. The zero-order valence-electron chi connectivity index (χ0n) is 8.33. The molecule has 1 amide bonds. The van der Waals surface area contributed by atoms with E-state index in [1.807, 2.05) is 0 Å². The Balaban J connectivity index is 2.70. The van der Waals surface area contributed by atoms with E-state index in [2.05, 4.69) is 5.32 Å². The molecule has 0 saturated carbocycles. The van der Waals surface area contributed by atoms with Crippen molar-refractivity contribution in [3.05, 3.63) is 0 Å². The Labute approximate surface area is 86.8 Å². The summed E-state index contributed by atoms with van der Waals surface area (Å²) in [6, 6.07) is -0.875. The number of ether oxygens (including phenoxy) is 1. The van der Waals surface area contributed by atoms with Crippen LogP contribution in [0.25, 0.3) is 0 Å². The number of aliphatic hydroxyl groups is 3. The van der Waals surface area contributed by atoms with Crippen molar-refractivity contribution >= 4 is 5.91 Å². The maximum absolute atomic E-state index is 10.8. The van der Waals surface area contributed by atoms with Crippen LogP contribution >= 0.6 is 0 Å². The monoisotopic (exact) mass is 220 g/mol. The first-order chi connectivity index (χ1) is 6.97. The molecule has 7 heteroatoms. The predicted molar refractivity (Wildman–Crippen MR) is 49.6 cm³/mol. The second-order valence-electron chi connectivity index (χ2n) is 3.53. The first-order valence-electron chi connectivity index (χ1n) is 4.62. The molecule has 88 valence electrons. The molecule has 1 rings (SSSR count). The van der Waals surface area contributed by atoms with Crippen LogP contribution in [0.2, 0.25) is 0 Å². The molecule has 1 aliphatic heterocycles. The number of aliphatic hydroxyl groups excluding tert-OH is 3. The quantitative estimate of drug-likeness (QED) is 0.335. The maximum atomic E-state index is 10.8. The summed E-state index contributed by atoms with van der Waals surface area (Å²) in [6.45, 7) is 0.822. The molecule has 0 aromatic heterocycles. The van der Waals surface area contributed by atoms with Crippen LogP contribution in [0, 0.1) is 0 Å². The van der Waals surface area contributed by atoms with Crippen LogP contribution in [-0.4, -0.2) is 58.4 Å². The van der Waals surface area contributed by atoms with Gasteiger partial charge >= 0.3 is 0 Å². The van der Waals surface area contributed by atoms with Gasteiger partial charge in [-0.05, 0) is 0 Å². The number of carbonyl (C=O) groups excluding carboxylic acids is 1. The van der Waals surface area contributed by atoms with Gasteiger partial charge in [0.1, 0.15) is 24.5 Å².